The summed E-state index contributed by atoms with van der Waals surface area (Å²) in [6.45, 7) is 8.50. The van der Waals surface area contributed by atoms with Gasteiger partial charge in [-0.1, -0.05) is 6.92 Å². The minimum Gasteiger partial charge on any atom is -0.342 e. The van der Waals surface area contributed by atoms with Crippen molar-refractivity contribution in [2.24, 2.45) is 13.0 Å². The van der Waals surface area contributed by atoms with Crippen molar-refractivity contribution in [3.05, 3.63) is 18.2 Å². The number of hydrogen-bond acceptors (Lipinski definition) is 4. The molecule has 2 amide bonds. The molecule has 2 atom stereocenters. The lowest BCUT2D eigenvalue weighted by molar-refractivity contribution is -0.139. The fraction of sp³-hybridized carbons (Fsp3) is 0.706. The first kappa shape index (κ1) is 17.0. The molecule has 0 bridgehead atoms. The fourth-order valence-electron chi connectivity index (χ4n) is 3.84. The molecule has 0 saturated carbocycles. The summed E-state index contributed by atoms with van der Waals surface area (Å²) in [5.41, 5.74) is 0. The molecular formula is C17H27N5O2. The van der Waals surface area contributed by atoms with E-state index in [1.54, 1.807) is 11.1 Å². The minimum absolute atomic E-state index is 0.101. The summed E-state index contributed by atoms with van der Waals surface area (Å²) in [7, 11) is 1.99. The van der Waals surface area contributed by atoms with E-state index in [0.717, 1.165) is 25.5 Å². The van der Waals surface area contributed by atoms with Gasteiger partial charge in [-0.3, -0.25) is 14.5 Å². The quantitative estimate of drug-likeness (QED) is 0.805. The van der Waals surface area contributed by atoms with E-state index in [0.29, 0.717) is 26.1 Å². The van der Waals surface area contributed by atoms with Crippen LogP contribution >= 0.6 is 0 Å². The molecule has 2 unspecified atom stereocenters. The Balaban J connectivity index is 1.72. The smallest absolute Gasteiger partial charge is 0.228 e. The van der Waals surface area contributed by atoms with E-state index in [1.165, 1.54) is 0 Å². The predicted octanol–water partition coefficient (Wildman–Crippen LogP) is 0.494. The number of nitrogens with zero attached hydrogens (tertiary/aromatic N) is 5. The van der Waals surface area contributed by atoms with Gasteiger partial charge < -0.3 is 14.4 Å². The SMILES string of the molecule is CCN1CC(C(=O)N2CCN(CC)C(c3nccn3C)C2)CC1=O. The molecule has 3 heterocycles. The van der Waals surface area contributed by atoms with Crippen molar-refractivity contribution in [3.8, 4) is 0 Å². The number of piperazine rings is 1. The number of hydrogen-bond donors (Lipinski definition) is 0. The van der Waals surface area contributed by atoms with Gasteiger partial charge >= 0.3 is 0 Å². The maximum atomic E-state index is 12.9. The normalized spacial score (nSPS) is 25.5. The zero-order valence-corrected chi connectivity index (χ0v) is 14.8. The van der Waals surface area contributed by atoms with Crippen LogP contribution in [0, 0.1) is 5.92 Å². The summed E-state index contributed by atoms with van der Waals surface area (Å²) in [6, 6.07) is 0.118. The van der Waals surface area contributed by atoms with E-state index in [4.69, 9.17) is 0 Å². The van der Waals surface area contributed by atoms with Gasteiger partial charge in [-0.25, -0.2) is 4.98 Å². The summed E-state index contributed by atoms with van der Waals surface area (Å²) in [5, 5.41) is 0. The van der Waals surface area contributed by atoms with Crippen LogP contribution < -0.4 is 0 Å². The number of amides is 2. The average molecular weight is 333 g/mol. The number of aromatic nitrogens is 2. The Morgan fingerprint density at radius 3 is 2.62 bits per heavy atom. The van der Waals surface area contributed by atoms with Crippen molar-refractivity contribution in [3.63, 3.8) is 0 Å². The van der Waals surface area contributed by atoms with Crippen molar-refractivity contribution < 1.29 is 9.59 Å². The van der Waals surface area contributed by atoms with E-state index in [9.17, 15) is 9.59 Å². The van der Waals surface area contributed by atoms with Gasteiger partial charge in [-0.15, -0.1) is 0 Å². The average Bonchev–Trinajstić information content (AvgIpc) is 3.19. The van der Waals surface area contributed by atoms with Gasteiger partial charge in [0, 0.05) is 58.6 Å². The second-order valence-corrected chi connectivity index (χ2v) is 6.66. The van der Waals surface area contributed by atoms with Crippen LogP contribution in [0.2, 0.25) is 0 Å². The largest absolute Gasteiger partial charge is 0.342 e. The van der Waals surface area contributed by atoms with Crippen LogP contribution in [0.5, 0.6) is 0 Å². The zero-order chi connectivity index (χ0) is 17.3. The summed E-state index contributed by atoms with van der Waals surface area (Å²) in [5.74, 6) is 1.03. The summed E-state index contributed by atoms with van der Waals surface area (Å²) >= 11 is 0. The Labute approximate surface area is 143 Å². The van der Waals surface area contributed by atoms with Crippen LogP contribution in [0.3, 0.4) is 0 Å². The van der Waals surface area contributed by atoms with Gasteiger partial charge in [0.25, 0.3) is 0 Å². The Hall–Kier alpha value is -1.89. The van der Waals surface area contributed by atoms with Crippen LogP contribution in [-0.4, -0.2) is 75.3 Å². The third kappa shape index (κ3) is 3.05. The first-order valence-corrected chi connectivity index (χ1v) is 8.83. The maximum absolute atomic E-state index is 12.9. The standard InChI is InChI=1S/C17H27N5O2/c1-4-20-8-9-22(12-14(20)16-18-6-7-19(16)3)17(24)13-10-15(23)21(5-2)11-13/h6-7,13-14H,4-5,8-12H2,1-3H3. The molecule has 0 radical (unpaired) electrons. The van der Waals surface area contributed by atoms with Crippen molar-refractivity contribution in [2.45, 2.75) is 26.3 Å². The number of carbonyl (C=O) groups is 2. The molecule has 0 aromatic carbocycles. The van der Waals surface area contributed by atoms with E-state index in [1.807, 2.05) is 29.6 Å². The topological polar surface area (TPSA) is 61.7 Å². The first-order chi connectivity index (χ1) is 11.5. The third-order valence-electron chi connectivity index (χ3n) is 5.31. The molecule has 0 aliphatic carbocycles. The number of carbonyl (C=O) groups excluding carboxylic acids is 2. The van der Waals surface area contributed by atoms with Crippen LogP contribution in [-0.2, 0) is 16.6 Å². The number of rotatable bonds is 4. The molecule has 2 fully saturated rings. The Kier molecular flexibility index (Phi) is 4.89. The molecule has 2 aliphatic rings. The van der Waals surface area contributed by atoms with E-state index >= 15 is 0 Å². The molecule has 24 heavy (non-hydrogen) atoms. The number of likely N-dealkylation sites (N-methyl/N-ethyl adjacent to an activating group) is 1. The summed E-state index contributed by atoms with van der Waals surface area (Å²) in [6.07, 6.45) is 4.10. The highest BCUT2D eigenvalue weighted by molar-refractivity contribution is 5.89. The van der Waals surface area contributed by atoms with Crippen molar-refractivity contribution in [1.29, 1.82) is 0 Å². The second kappa shape index (κ2) is 6.93. The lowest BCUT2D eigenvalue weighted by atomic mass is 10.0. The van der Waals surface area contributed by atoms with Gasteiger partial charge in [-0.2, -0.15) is 0 Å². The van der Waals surface area contributed by atoms with Crippen LogP contribution in [0.15, 0.2) is 12.4 Å². The Morgan fingerprint density at radius 2 is 2.04 bits per heavy atom. The molecule has 2 saturated heterocycles. The Morgan fingerprint density at radius 1 is 1.25 bits per heavy atom. The van der Waals surface area contributed by atoms with Gasteiger partial charge in [0.1, 0.15) is 5.82 Å². The second-order valence-electron chi connectivity index (χ2n) is 6.66. The molecule has 7 heteroatoms. The molecule has 7 nitrogen and oxygen atoms in total. The van der Waals surface area contributed by atoms with Crippen molar-refractivity contribution in [1.82, 2.24) is 24.3 Å². The van der Waals surface area contributed by atoms with E-state index in [2.05, 4.69) is 16.8 Å². The number of likely N-dealkylation sites (tertiary alicyclic amines) is 1. The first-order valence-electron chi connectivity index (χ1n) is 8.83. The van der Waals surface area contributed by atoms with Gasteiger partial charge in [0.15, 0.2) is 0 Å². The summed E-state index contributed by atoms with van der Waals surface area (Å²) in [4.78, 5) is 35.4. The highest BCUT2D eigenvalue weighted by Gasteiger charge is 2.39. The van der Waals surface area contributed by atoms with Crippen molar-refractivity contribution in [2.75, 3.05) is 39.3 Å². The molecule has 132 valence electrons. The lowest BCUT2D eigenvalue weighted by Gasteiger charge is -2.41. The highest BCUT2D eigenvalue weighted by Crippen LogP contribution is 2.27. The molecule has 2 aliphatic heterocycles. The van der Waals surface area contributed by atoms with Crippen LogP contribution in [0.25, 0.3) is 0 Å². The van der Waals surface area contributed by atoms with Gasteiger partial charge in [0.05, 0.1) is 12.0 Å². The number of imidazole rings is 1. The number of aryl methyl sites for hydroxylation is 1. The molecule has 1 aromatic rings. The molecule has 1 aromatic heterocycles. The summed E-state index contributed by atoms with van der Waals surface area (Å²) < 4.78 is 2.03. The zero-order valence-electron chi connectivity index (χ0n) is 14.8. The monoisotopic (exact) mass is 333 g/mol. The minimum atomic E-state index is -0.187. The van der Waals surface area contributed by atoms with E-state index < -0.39 is 0 Å². The molecule has 0 N–H and O–H groups in total. The van der Waals surface area contributed by atoms with Gasteiger partial charge in [0.2, 0.25) is 11.8 Å². The van der Waals surface area contributed by atoms with Gasteiger partial charge in [-0.05, 0) is 13.5 Å². The molecular weight excluding hydrogens is 306 g/mol. The van der Waals surface area contributed by atoms with E-state index in [-0.39, 0.29) is 23.8 Å². The lowest BCUT2D eigenvalue weighted by Crippen LogP contribution is -2.52. The van der Waals surface area contributed by atoms with Crippen molar-refractivity contribution >= 4 is 11.8 Å². The maximum Gasteiger partial charge on any atom is 0.228 e. The fourth-order valence-corrected chi connectivity index (χ4v) is 3.84. The predicted molar refractivity (Wildman–Crippen MR) is 90.1 cm³/mol. The molecule has 0 spiro atoms. The highest BCUT2D eigenvalue weighted by atomic mass is 16.2. The molecule has 3 rings (SSSR count). The van der Waals surface area contributed by atoms with Crippen LogP contribution in [0.4, 0.5) is 0 Å². The Bertz CT molecular complexity index is 614. The third-order valence-corrected chi connectivity index (χ3v) is 5.31. The van der Waals surface area contributed by atoms with Crippen LogP contribution in [0.1, 0.15) is 32.1 Å².